The summed E-state index contributed by atoms with van der Waals surface area (Å²) in [6.07, 6.45) is 8.85. The maximum atomic E-state index is 5.52. The van der Waals surface area contributed by atoms with Crippen molar-refractivity contribution in [3.8, 4) is 0 Å². The normalized spacial score (nSPS) is 20.7. The summed E-state index contributed by atoms with van der Waals surface area (Å²) in [4.78, 5) is 5.06. The molecule has 0 saturated heterocycles. The number of rotatable bonds is 6. The van der Waals surface area contributed by atoms with Gasteiger partial charge in [0.25, 0.3) is 0 Å². The Labute approximate surface area is 128 Å². The summed E-state index contributed by atoms with van der Waals surface area (Å²) in [7, 11) is 1.82. The minimum absolute atomic E-state index is 0.463. The second kappa shape index (κ2) is 6.93. The van der Waals surface area contributed by atoms with Crippen molar-refractivity contribution in [1.29, 1.82) is 0 Å². The van der Waals surface area contributed by atoms with Gasteiger partial charge >= 0.3 is 0 Å². The molecule has 1 aliphatic heterocycles. The molecule has 0 bridgehead atoms. The van der Waals surface area contributed by atoms with E-state index in [1.54, 1.807) is 0 Å². The Balaban J connectivity index is 1.99. The monoisotopic (exact) mass is 291 g/mol. The van der Waals surface area contributed by atoms with E-state index < -0.39 is 0 Å². The van der Waals surface area contributed by atoms with Gasteiger partial charge in [-0.2, -0.15) is 0 Å². The van der Waals surface area contributed by atoms with Crippen LogP contribution in [0.3, 0.4) is 0 Å². The van der Waals surface area contributed by atoms with E-state index in [2.05, 4.69) is 16.8 Å². The number of nitrogens with zero attached hydrogens (tertiary/aromatic N) is 2. The van der Waals surface area contributed by atoms with Crippen molar-refractivity contribution in [3.63, 3.8) is 0 Å². The predicted octanol–water partition coefficient (Wildman–Crippen LogP) is 3.17. The molecule has 1 aromatic heterocycles. The first-order valence-electron chi connectivity index (χ1n) is 8.64. The molecule has 0 aromatic carbocycles. The number of aromatic nitrogens is 2. The van der Waals surface area contributed by atoms with Crippen molar-refractivity contribution in [2.75, 3.05) is 20.3 Å². The molecule has 118 valence electrons. The van der Waals surface area contributed by atoms with Crippen molar-refractivity contribution in [2.24, 2.45) is 0 Å². The summed E-state index contributed by atoms with van der Waals surface area (Å²) >= 11 is 0. The fourth-order valence-electron chi connectivity index (χ4n) is 4.05. The van der Waals surface area contributed by atoms with Gasteiger partial charge in [-0.3, -0.25) is 0 Å². The number of imidazole rings is 1. The lowest BCUT2D eigenvalue weighted by Crippen LogP contribution is -2.27. The molecular formula is C17H29N3O. The van der Waals surface area contributed by atoms with Gasteiger partial charge in [0.1, 0.15) is 5.82 Å². The van der Waals surface area contributed by atoms with Gasteiger partial charge in [-0.1, -0.05) is 26.2 Å². The molecule has 1 atom stereocenters. The van der Waals surface area contributed by atoms with Crippen LogP contribution in [-0.2, 0) is 17.7 Å². The topological polar surface area (TPSA) is 39.1 Å². The molecule has 1 fully saturated rings. The van der Waals surface area contributed by atoms with Crippen LogP contribution in [0, 0.1) is 0 Å². The molecule has 1 aliphatic carbocycles. The minimum Gasteiger partial charge on any atom is -0.383 e. The zero-order valence-electron chi connectivity index (χ0n) is 13.5. The van der Waals surface area contributed by atoms with Crippen LogP contribution < -0.4 is 5.32 Å². The Kier molecular flexibility index (Phi) is 4.96. The van der Waals surface area contributed by atoms with E-state index in [0.717, 1.165) is 26.1 Å². The molecule has 1 aromatic rings. The van der Waals surface area contributed by atoms with Gasteiger partial charge in [0.05, 0.1) is 18.3 Å². The lowest BCUT2D eigenvalue weighted by Gasteiger charge is -2.25. The van der Waals surface area contributed by atoms with Gasteiger partial charge in [-0.15, -0.1) is 0 Å². The highest BCUT2D eigenvalue weighted by atomic mass is 16.5. The smallest absolute Gasteiger partial charge is 0.112 e. The highest BCUT2D eigenvalue weighted by Gasteiger charge is 2.30. The van der Waals surface area contributed by atoms with E-state index in [-0.39, 0.29) is 0 Å². The molecule has 0 spiro atoms. The maximum Gasteiger partial charge on any atom is 0.112 e. The van der Waals surface area contributed by atoms with E-state index in [1.165, 1.54) is 55.7 Å². The molecule has 3 rings (SSSR count). The van der Waals surface area contributed by atoms with Crippen molar-refractivity contribution in [1.82, 2.24) is 14.9 Å². The first-order valence-corrected chi connectivity index (χ1v) is 8.64. The van der Waals surface area contributed by atoms with Crippen LogP contribution >= 0.6 is 0 Å². The van der Waals surface area contributed by atoms with Crippen molar-refractivity contribution in [3.05, 3.63) is 17.2 Å². The van der Waals surface area contributed by atoms with E-state index >= 15 is 0 Å². The summed E-state index contributed by atoms with van der Waals surface area (Å²) in [5.74, 6) is 2.03. The third kappa shape index (κ3) is 3.02. The van der Waals surface area contributed by atoms with Gasteiger partial charge in [-0.25, -0.2) is 4.98 Å². The van der Waals surface area contributed by atoms with Crippen LogP contribution in [0.2, 0.25) is 0 Å². The number of fused-ring (bicyclic) bond motifs is 1. The Bertz CT molecular complexity index is 457. The number of methoxy groups -OCH3 is 1. The molecule has 1 saturated carbocycles. The average molecular weight is 291 g/mol. The largest absolute Gasteiger partial charge is 0.383 e. The van der Waals surface area contributed by atoms with Crippen molar-refractivity contribution < 1.29 is 4.74 Å². The zero-order valence-corrected chi connectivity index (χ0v) is 13.5. The van der Waals surface area contributed by atoms with Crippen LogP contribution in [0.4, 0.5) is 0 Å². The molecule has 2 heterocycles. The van der Waals surface area contributed by atoms with Crippen LogP contribution in [-0.4, -0.2) is 29.8 Å². The van der Waals surface area contributed by atoms with Gasteiger partial charge < -0.3 is 14.6 Å². The molecule has 21 heavy (non-hydrogen) atoms. The van der Waals surface area contributed by atoms with E-state index in [9.17, 15) is 0 Å². The SMILES string of the molecule is CCCC(COC)n1c(C2CCCC2)nc2c1CCNC2. The second-order valence-corrected chi connectivity index (χ2v) is 6.54. The third-order valence-corrected chi connectivity index (χ3v) is 5.02. The predicted molar refractivity (Wildman–Crippen MR) is 84.7 cm³/mol. The van der Waals surface area contributed by atoms with E-state index in [4.69, 9.17) is 9.72 Å². The first kappa shape index (κ1) is 15.0. The summed E-state index contributed by atoms with van der Waals surface area (Å²) in [6.45, 7) is 5.09. The maximum absolute atomic E-state index is 5.52. The Morgan fingerprint density at radius 1 is 1.38 bits per heavy atom. The standard InChI is InChI=1S/C17H29N3O/c1-3-6-14(12-21-2)20-16-9-10-18-11-15(16)19-17(20)13-7-4-5-8-13/h13-14,18H,3-12H2,1-2H3. The van der Waals surface area contributed by atoms with Gasteiger partial charge in [-0.05, 0) is 19.3 Å². The lowest BCUT2D eigenvalue weighted by molar-refractivity contribution is 0.146. The summed E-state index contributed by atoms with van der Waals surface area (Å²) in [6, 6.07) is 0.463. The number of nitrogens with one attached hydrogen (secondary N) is 1. The van der Waals surface area contributed by atoms with E-state index in [1.807, 2.05) is 7.11 Å². The molecule has 4 nitrogen and oxygen atoms in total. The van der Waals surface area contributed by atoms with Crippen LogP contribution in [0.15, 0.2) is 0 Å². The van der Waals surface area contributed by atoms with Gasteiger partial charge in [0.2, 0.25) is 0 Å². The minimum atomic E-state index is 0.463. The number of hydrogen-bond donors (Lipinski definition) is 1. The van der Waals surface area contributed by atoms with Crippen LogP contribution in [0.1, 0.15) is 74.6 Å². The zero-order chi connectivity index (χ0) is 14.7. The number of hydrogen-bond acceptors (Lipinski definition) is 3. The highest BCUT2D eigenvalue weighted by Crippen LogP contribution is 2.37. The van der Waals surface area contributed by atoms with Gasteiger partial charge in [0, 0.05) is 38.2 Å². The molecular weight excluding hydrogens is 262 g/mol. The molecule has 0 radical (unpaired) electrons. The van der Waals surface area contributed by atoms with Crippen molar-refractivity contribution in [2.45, 2.75) is 70.4 Å². The molecule has 1 N–H and O–H groups in total. The fourth-order valence-corrected chi connectivity index (χ4v) is 4.05. The second-order valence-electron chi connectivity index (χ2n) is 6.54. The Morgan fingerprint density at radius 2 is 2.19 bits per heavy atom. The Morgan fingerprint density at radius 3 is 2.90 bits per heavy atom. The fraction of sp³-hybridized carbons (Fsp3) is 0.824. The third-order valence-electron chi connectivity index (χ3n) is 5.02. The number of ether oxygens (including phenoxy) is 1. The molecule has 1 unspecified atom stereocenters. The van der Waals surface area contributed by atoms with E-state index in [0.29, 0.717) is 12.0 Å². The summed E-state index contributed by atoms with van der Waals surface area (Å²) in [5.41, 5.74) is 2.77. The summed E-state index contributed by atoms with van der Waals surface area (Å²) in [5, 5.41) is 3.47. The molecule has 4 heteroatoms. The summed E-state index contributed by atoms with van der Waals surface area (Å²) < 4.78 is 8.11. The average Bonchev–Trinajstić information content (AvgIpc) is 3.14. The lowest BCUT2D eigenvalue weighted by atomic mass is 10.1. The molecule has 2 aliphatic rings. The first-order chi connectivity index (χ1) is 10.3. The van der Waals surface area contributed by atoms with Crippen LogP contribution in [0.5, 0.6) is 0 Å². The quantitative estimate of drug-likeness (QED) is 0.875. The van der Waals surface area contributed by atoms with Crippen molar-refractivity contribution >= 4 is 0 Å². The highest BCUT2D eigenvalue weighted by molar-refractivity contribution is 5.23. The molecule has 0 amide bonds. The van der Waals surface area contributed by atoms with Crippen LogP contribution in [0.25, 0.3) is 0 Å². The Hall–Kier alpha value is -0.870. The van der Waals surface area contributed by atoms with Gasteiger partial charge in [0.15, 0.2) is 0 Å².